The second-order valence-electron chi connectivity index (χ2n) is 7.78. The Labute approximate surface area is 170 Å². The molecule has 0 aliphatic carbocycles. The predicted octanol–water partition coefficient (Wildman–Crippen LogP) is 5.25. The predicted molar refractivity (Wildman–Crippen MR) is 114 cm³/mol. The van der Waals surface area contributed by atoms with Gasteiger partial charge in [-0.15, -0.1) is 10.2 Å². The van der Waals surface area contributed by atoms with Gasteiger partial charge in [-0.1, -0.05) is 29.8 Å². The Morgan fingerprint density at radius 1 is 1.21 bits per heavy atom. The molecule has 2 aromatic carbocycles. The van der Waals surface area contributed by atoms with Gasteiger partial charge in [-0.2, -0.15) is 5.26 Å². The van der Waals surface area contributed by atoms with Crippen molar-refractivity contribution in [3.8, 4) is 17.3 Å². The minimum atomic E-state index is 0.488. The quantitative estimate of drug-likeness (QED) is 0.599. The summed E-state index contributed by atoms with van der Waals surface area (Å²) in [6, 6.07) is 12.1. The van der Waals surface area contributed by atoms with E-state index in [2.05, 4.69) is 53.3 Å². The third-order valence-corrected chi connectivity index (χ3v) is 6.09. The van der Waals surface area contributed by atoms with Crippen LogP contribution in [0.2, 0.25) is 5.02 Å². The molecule has 4 nitrogen and oxygen atoms in total. The van der Waals surface area contributed by atoms with Crippen LogP contribution in [-0.2, 0) is 0 Å². The van der Waals surface area contributed by atoms with Crippen LogP contribution in [0.1, 0.15) is 41.0 Å². The molecule has 0 saturated carbocycles. The van der Waals surface area contributed by atoms with Crippen LogP contribution in [0.25, 0.3) is 22.2 Å². The molecule has 2 heterocycles. The molecule has 4 rings (SSSR count). The number of likely N-dealkylation sites (tertiary alicyclic amines) is 1. The zero-order valence-corrected chi connectivity index (χ0v) is 17.2. The molecule has 1 saturated heterocycles. The monoisotopic (exact) mass is 390 g/mol. The van der Waals surface area contributed by atoms with Gasteiger partial charge in [0.2, 0.25) is 0 Å². The molecule has 1 aliphatic rings. The Morgan fingerprint density at radius 3 is 2.75 bits per heavy atom. The molecule has 5 heteroatoms. The first-order chi connectivity index (χ1) is 13.5. The Bertz CT molecular complexity index is 1080. The van der Waals surface area contributed by atoms with E-state index in [1.54, 1.807) is 6.07 Å². The molecule has 28 heavy (non-hydrogen) atoms. The van der Waals surface area contributed by atoms with E-state index in [4.69, 9.17) is 11.6 Å². The molecule has 1 atom stereocenters. The summed E-state index contributed by atoms with van der Waals surface area (Å²) in [6.07, 6.45) is 2.40. The molecule has 0 spiro atoms. The minimum Gasteiger partial charge on any atom is -0.306 e. The van der Waals surface area contributed by atoms with Crippen LogP contribution in [0.4, 0.5) is 0 Å². The molecule has 3 aromatic rings. The van der Waals surface area contributed by atoms with Crippen LogP contribution in [0.3, 0.4) is 0 Å². The summed E-state index contributed by atoms with van der Waals surface area (Å²) < 4.78 is 0. The lowest BCUT2D eigenvalue weighted by Crippen LogP contribution is -2.31. The highest BCUT2D eigenvalue weighted by Crippen LogP contribution is 2.37. The van der Waals surface area contributed by atoms with Crippen LogP contribution < -0.4 is 0 Å². The van der Waals surface area contributed by atoms with Gasteiger partial charge >= 0.3 is 0 Å². The average Bonchev–Trinajstić information content (AvgIpc) is 2.68. The second kappa shape index (κ2) is 7.50. The van der Waals surface area contributed by atoms with Gasteiger partial charge in [0, 0.05) is 17.5 Å². The lowest BCUT2D eigenvalue weighted by molar-refractivity contribution is 0.251. The smallest absolute Gasteiger partial charge is 0.0992 e. The van der Waals surface area contributed by atoms with Crippen molar-refractivity contribution in [1.82, 2.24) is 15.1 Å². The summed E-state index contributed by atoms with van der Waals surface area (Å²) in [5.74, 6) is 0.488. The number of benzene rings is 2. The molecule has 0 bridgehead atoms. The Hall–Kier alpha value is -2.48. The summed E-state index contributed by atoms with van der Waals surface area (Å²) >= 11 is 6.52. The second-order valence-corrected chi connectivity index (χ2v) is 8.19. The molecular weight excluding hydrogens is 368 g/mol. The van der Waals surface area contributed by atoms with Crippen molar-refractivity contribution in [2.45, 2.75) is 32.6 Å². The summed E-state index contributed by atoms with van der Waals surface area (Å²) in [7, 11) is 2.18. The molecular formula is C23H23ClN4. The first-order valence-corrected chi connectivity index (χ1v) is 10.0. The van der Waals surface area contributed by atoms with Crippen molar-refractivity contribution in [3.63, 3.8) is 0 Å². The van der Waals surface area contributed by atoms with Crippen LogP contribution in [0, 0.1) is 25.2 Å². The van der Waals surface area contributed by atoms with Gasteiger partial charge in [-0.25, -0.2) is 0 Å². The van der Waals surface area contributed by atoms with Gasteiger partial charge in [0.05, 0.1) is 27.9 Å². The maximum atomic E-state index is 9.18. The number of aryl methyl sites for hydroxylation is 2. The lowest BCUT2D eigenvalue weighted by Gasteiger charge is -2.30. The Balaban J connectivity index is 1.86. The number of nitriles is 1. The topological polar surface area (TPSA) is 52.8 Å². The Kier molecular flexibility index (Phi) is 5.05. The van der Waals surface area contributed by atoms with E-state index in [-0.39, 0.29) is 0 Å². The maximum absolute atomic E-state index is 9.18. The standard InChI is InChI=1S/C23H23ClN4/c1-14-10-16(12-25)11-20(24)21(14)22-15(2)18-7-4-8-19(23(18)27-26-22)17-6-5-9-28(3)13-17/h4,7-8,10-11,17H,5-6,9,13H2,1-3H3/t17-/m0/s1. The summed E-state index contributed by atoms with van der Waals surface area (Å²) in [6.45, 7) is 6.26. The van der Waals surface area contributed by atoms with Crippen molar-refractivity contribution < 1.29 is 0 Å². The summed E-state index contributed by atoms with van der Waals surface area (Å²) in [4.78, 5) is 2.39. The molecule has 0 N–H and O–H groups in total. The van der Waals surface area contributed by atoms with Crippen LogP contribution >= 0.6 is 11.6 Å². The number of hydrogen-bond donors (Lipinski definition) is 0. The molecule has 142 valence electrons. The van der Waals surface area contributed by atoms with E-state index in [1.807, 2.05) is 13.0 Å². The van der Waals surface area contributed by atoms with E-state index < -0.39 is 0 Å². The third-order valence-electron chi connectivity index (χ3n) is 5.79. The highest BCUT2D eigenvalue weighted by molar-refractivity contribution is 6.33. The van der Waals surface area contributed by atoms with Gasteiger partial charge in [0.15, 0.2) is 0 Å². The van der Waals surface area contributed by atoms with Gasteiger partial charge in [0.25, 0.3) is 0 Å². The number of nitrogens with zero attached hydrogens (tertiary/aromatic N) is 4. The number of aromatic nitrogens is 2. The largest absolute Gasteiger partial charge is 0.306 e. The maximum Gasteiger partial charge on any atom is 0.0992 e. The molecule has 0 radical (unpaired) electrons. The molecule has 0 amide bonds. The highest BCUT2D eigenvalue weighted by Gasteiger charge is 2.23. The van der Waals surface area contributed by atoms with Crippen LogP contribution in [-0.4, -0.2) is 35.2 Å². The number of rotatable bonds is 2. The lowest BCUT2D eigenvalue weighted by atomic mass is 9.88. The fourth-order valence-electron chi connectivity index (χ4n) is 4.37. The zero-order chi connectivity index (χ0) is 19.8. The van der Waals surface area contributed by atoms with Crippen LogP contribution in [0.5, 0.6) is 0 Å². The zero-order valence-electron chi connectivity index (χ0n) is 16.5. The van der Waals surface area contributed by atoms with E-state index in [9.17, 15) is 5.26 Å². The van der Waals surface area contributed by atoms with E-state index in [0.717, 1.165) is 46.4 Å². The van der Waals surface area contributed by atoms with Gasteiger partial charge < -0.3 is 4.90 Å². The van der Waals surface area contributed by atoms with Gasteiger partial charge in [-0.05, 0) is 75.0 Å². The van der Waals surface area contributed by atoms with E-state index in [1.165, 1.54) is 18.4 Å². The van der Waals surface area contributed by atoms with Gasteiger partial charge in [0.1, 0.15) is 0 Å². The van der Waals surface area contributed by atoms with Crippen LogP contribution in [0.15, 0.2) is 30.3 Å². The minimum absolute atomic E-state index is 0.488. The SMILES string of the molecule is Cc1cc(C#N)cc(Cl)c1-c1nnc2c([C@H]3CCCN(C)C3)cccc2c1C. The third kappa shape index (κ3) is 3.26. The fourth-order valence-corrected chi connectivity index (χ4v) is 4.73. The summed E-state index contributed by atoms with van der Waals surface area (Å²) in [5, 5.41) is 20.1. The number of piperidine rings is 1. The number of likely N-dealkylation sites (N-methyl/N-ethyl adjacent to an activating group) is 1. The van der Waals surface area contributed by atoms with Crippen molar-refractivity contribution in [1.29, 1.82) is 5.26 Å². The van der Waals surface area contributed by atoms with E-state index >= 15 is 0 Å². The normalized spacial score (nSPS) is 17.6. The number of fused-ring (bicyclic) bond motifs is 1. The van der Waals surface area contributed by atoms with E-state index in [0.29, 0.717) is 16.5 Å². The first kappa shape index (κ1) is 18.9. The fraction of sp³-hybridized carbons (Fsp3) is 0.348. The number of halogens is 1. The van der Waals surface area contributed by atoms with Gasteiger partial charge in [-0.3, -0.25) is 0 Å². The first-order valence-electron chi connectivity index (χ1n) is 9.64. The van der Waals surface area contributed by atoms with Crippen molar-refractivity contribution >= 4 is 22.5 Å². The van der Waals surface area contributed by atoms with Crippen molar-refractivity contribution in [3.05, 3.63) is 57.6 Å². The Morgan fingerprint density at radius 2 is 2.04 bits per heavy atom. The average molecular weight is 391 g/mol. The van der Waals surface area contributed by atoms with Crippen molar-refractivity contribution in [2.24, 2.45) is 0 Å². The molecule has 1 fully saturated rings. The number of hydrogen-bond acceptors (Lipinski definition) is 4. The van der Waals surface area contributed by atoms with Crippen molar-refractivity contribution in [2.75, 3.05) is 20.1 Å². The molecule has 1 aromatic heterocycles. The summed E-state index contributed by atoms with van der Waals surface area (Å²) in [5.41, 5.74) is 6.49. The molecule has 0 unspecified atom stereocenters. The molecule has 1 aliphatic heterocycles. The highest BCUT2D eigenvalue weighted by atomic mass is 35.5.